The highest BCUT2D eigenvalue weighted by molar-refractivity contribution is 8.19. The van der Waals surface area contributed by atoms with Crippen molar-refractivity contribution in [2.24, 2.45) is 0 Å². The fourth-order valence-corrected chi connectivity index (χ4v) is 7.37. The lowest BCUT2D eigenvalue weighted by Gasteiger charge is -2.15. The van der Waals surface area contributed by atoms with Crippen LogP contribution in [0.2, 0.25) is 0 Å². The molecular formula is C20H22N2O3S3. The van der Waals surface area contributed by atoms with Crippen molar-refractivity contribution in [3.05, 3.63) is 51.2 Å². The molecule has 1 aliphatic heterocycles. The fourth-order valence-electron chi connectivity index (χ4n) is 3.31. The number of amides is 2. The smallest absolute Gasteiger partial charge is 0.279 e. The summed E-state index contributed by atoms with van der Waals surface area (Å²) in [5.74, 6) is 2.33. The van der Waals surface area contributed by atoms with Crippen LogP contribution in [0, 0.1) is 0 Å². The number of hydrogen-bond donors (Lipinski definition) is 2. The van der Waals surface area contributed by atoms with Crippen LogP contribution < -0.4 is 15.6 Å². The predicted octanol–water partition coefficient (Wildman–Crippen LogP) is 3.95. The first-order valence-electron chi connectivity index (χ1n) is 9.36. The van der Waals surface area contributed by atoms with Gasteiger partial charge in [0, 0.05) is 21.9 Å². The third kappa shape index (κ3) is 4.67. The van der Waals surface area contributed by atoms with E-state index in [-0.39, 0.29) is 18.4 Å². The topological polar surface area (TPSA) is 67.4 Å². The predicted molar refractivity (Wildman–Crippen MR) is 116 cm³/mol. The number of fused-ring (bicyclic) bond motifs is 1. The first kappa shape index (κ1) is 19.7. The number of hydrazine groups is 1. The largest absolute Gasteiger partial charge is 0.483 e. The summed E-state index contributed by atoms with van der Waals surface area (Å²) in [5, 5.41) is 0. The Morgan fingerprint density at radius 1 is 1.07 bits per heavy atom. The zero-order valence-electron chi connectivity index (χ0n) is 15.4. The van der Waals surface area contributed by atoms with Crippen molar-refractivity contribution in [3.63, 3.8) is 0 Å². The van der Waals surface area contributed by atoms with Crippen LogP contribution in [0.15, 0.2) is 30.3 Å². The molecule has 4 rings (SSSR count). The summed E-state index contributed by atoms with van der Waals surface area (Å²) >= 11 is 5.31. The second-order valence-corrected chi connectivity index (χ2v) is 10.5. The number of carbonyl (C=O) groups excluding carboxylic acids is 2. The number of aryl methyl sites for hydroxylation is 2. The summed E-state index contributed by atoms with van der Waals surface area (Å²) in [6.45, 7) is -0.139. The van der Waals surface area contributed by atoms with Gasteiger partial charge in [-0.1, -0.05) is 18.2 Å². The number of rotatable bonds is 5. The van der Waals surface area contributed by atoms with Gasteiger partial charge in [0.2, 0.25) is 0 Å². The molecule has 1 aliphatic carbocycles. The van der Waals surface area contributed by atoms with Crippen LogP contribution in [-0.2, 0) is 17.6 Å². The lowest BCUT2D eigenvalue weighted by molar-refractivity contribution is -0.123. The van der Waals surface area contributed by atoms with Gasteiger partial charge < -0.3 is 4.74 Å². The van der Waals surface area contributed by atoms with Gasteiger partial charge in [-0.05, 0) is 43.4 Å². The highest BCUT2D eigenvalue weighted by Gasteiger charge is 2.22. The third-order valence-corrected chi connectivity index (χ3v) is 8.99. The van der Waals surface area contributed by atoms with Crippen LogP contribution in [0.25, 0.3) is 0 Å². The Labute approximate surface area is 177 Å². The lowest BCUT2D eigenvalue weighted by Crippen LogP contribution is -2.43. The van der Waals surface area contributed by atoms with Crippen LogP contribution in [0.4, 0.5) is 0 Å². The van der Waals surface area contributed by atoms with Crippen molar-refractivity contribution in [1.82, 2.24) is 10.9 Å². The number of hydrogen-bond acceptors (Lipinski definition) is 6. The zero-order valence-corrected chi connectivity index (χ0v) is 17.8. The highest BCUT2D eigenvalue weighted by atomic mass is 32.2. The van der Waals surface area contributed by atoms with Crippen molar-refractivity contribution in [2.75, 3.05) is 18.1 Å². The van der Waals surface area contributed by atoms with E-state index >= 15 is 0 Å². The average Bonchev–Trinajstić information content (AvgIpc) is 3.40. The molecule has 5 nitrogen and oxygen atoms in total. The molecule has 2 amide bonds. The molecular weight excluding hydrogens is 412 g/mol. The molecule has 8 heteroatoms. The Bertz CT molecular complexity index is 839. The summed E-state index contributed by atoms with van der Waals surface area (Å²) in [5.41, 5.74) is 7.33. The van der Waals surface area contributed by atoms with Crippen LogP contribution in [0.5, 0.6) is 5.75 Å². The number of thioether (sulfide) groups is 2. The molecule has 2 N–H and O–H groups in total. The maximum Gasteiger partial charge on any atom is 0.279 e. The Morgan fingerprint density at radius 2 is 1.86 bits per heavy atom. The standard InChI is InChI=1S/C20H22N2O3S3/c23-18(12-25-15-7-3-2-6-14(15)20-26-9-10-27-20)21-22-19(24)17-11-13-5-1-4-8-16(13)28-17/h2-3,6-7,11,20H,1,4-5,8-10,12H2,(H,21,23)(H,22,24). The lowest BCUT2D eigenvalue weighted by atomic mass is 9.99. The van der Waals surface area contributed by atoms with Crippen LogP contribution in [0.3, 0.4) is 0 Å². The molecule has 0 radical (unpaired) electrons. The van der Waals surface area contributed by atoms with Crippen molar-refractivity contribution in [1.29, 1.82) is 0 Å². The summed E-state index contributed by atoms with van der Waals surface area (Å²) in [6.07, 6.45) is 4.45. The molecule has 0 unspecified atom stereocenters. The van der Waals surface area contributed by atoms with Crippen molar-refractivity contribution in [3.8, 4) is 5.75 Å². The SMILES string of the molecule is O=C(COc1ccccc1C1SCCS1)NNC(=O)c1cc2c(s1)CCCC2. The zero-order chi connectivity index (χ0) is 19.3. The molecule has 148 valence electrons. The molecule has 0 saturated carbocycles. The molecule has 1 saturated heterocycles. The second-order valence-electron chi connectivity index (χ2n) is 6.67. The average molecular weight is 435 g/mol. The summed E-state index contributed by atoms with van der Waals surface area (Å²) in [6, 6.07) is 9.77. The Morgan fingerprint density at radius 3 is 2.68 bits per heavy atom. The monoisotopic (exact) mass is 434 g/mol. The number of ether oxygens (including phenoxy) is 1. The van der Waals surface area contributed by atoms with Crippen LogP contribution in [-0.4, -0.2) is 29.9 Å². The van der Waals surface area contributed by atoms with E-state index in [1.807, 2.05) is 53.9 Å². The summed E-state index contributed by atoms with van der Waals surface area (Å²) < 4.78 is 6.08. The first-order valence-corrected chi connectivity index (χ1v) is 12.3. The van der Waals surface area contributed by atoms with Gasteiger partial charge in [-0.25, -0.2) is 0 Å². The van der Waals surface area contributed by atoms with Crippen molar-refractivity contribution < 1.29 is 14.3 Å². The third-order valence-electron chi connectivity index (χ3n) is 4.69. The molecule has 1 aromatic carbocycles. The van der Waals surface area contributed by atoms with E-state index in [0.717, 1.165) is 35.7 Å². The normalized spacial score (nSPS) is 16.4. The molecule has 2 heterocycles. The maximum atomic E-state index is 12.3. The molecule has 0 atom stereocenters. The minimum atomic E-state index is -0.379. The van der Waals surface area contributed by atoms with E-state index in [4.69, 9.17) is 4.74 Å². The minimum Gasteiger partial charge on any atom is -0.483 e. The Balaban J connectivity index is 1.28. The van der Waals surface area contributed by atoms with Crippen molar-refractivity contribution >= 4 is 46.7 Å². The van der Waals surface area contributed by atoms with Crippen LogP contribution >= 0.6 is 34.9 Å². The summed E-state index contributed by atoms with van der Waals surface area (Å²) in [4.78, 5) is 26.4. The number of thiophene rings is 1. The Hall–Kier alpha value is -1.64. The van der Waals surface area contributed by atoms with Gasteiger partial charge in [0.1, 0.15) is 5.75 Å². The number of para-hydroxylation sites is 1. The van der Waals surface area contributed by atoms with Gasteiger partial charge in [-0.2, -0.15) is 0 Å². The van der Waals surface area contributed by atoms with Gasteiger partial charge in [-0.3, -0.25) is 20.4 Å². The number of nitrogens with one attached hydrogen (secondary N) is 2. The molecule has 0 bridgehead atoms. The van der Waals surface area contributed by atoms with E-state index in [1.54, 1.807) is 0 Å². The van der Waals surface area contributed by atoms with Crippen molar-refractivity contribution in [2.45, 2.75) is 30.3 Å². The highest BCUT2D eigenvalue weighted by Crippen LogP contribution is 2.48. The fraction of sp³-hybridized carbons (Fsp3) is 0.400. The molecule has 2 aliphatic rings. The number of carbonyl (C=O) groups is 2. The second kappa shape index (κ2) is 9.24. The van der Waals surface area contributed by atoms with E-state index < -0.39 is 0 Å². The van der Waals surface area contributed by atoms with E-state index in [1.165, 1.54) is 34.6 Å². The van der Waals surface area contributed by atoms with Crippen LogP contribution in [0.1, 0.15) is 43.1 Å². The molecule has 1 fully saturated rings. The van der Waals surface area contributed by atoms with E-state index in [0.29, 0.717) is 9.46 Å². The molecule has 1 aromatic heterocycles. The van der Waals surface area contributed by atoms with Gasteiger partial charge >= 0.3 is 0 Å². The van der Waals surface area contributed by atoms with E-state index in [9.17, 15) is 9.59 Å². The molecule has 28 heavy (non-hydrogen) atoms. The minimum absolute atomic E-state index is 0.139. The van der Waals surface area contributed by atoms with E-state index in [2.05, 4.69) is 10.9 Å². The quantitative estimate of drug-likeness (QED) is 0.698. The molecule has 0 spiro atoms. The number of benzene rings is 1. The van der Waals surface area contributed by atoms with Gasteiger partial charge in [0.05, 0.1) is 9.46 Å². The summed E-state index contributed by atoms with van der Waals surface area (Å²) in [7, 11) is 0. The van der Waals surface area contributed by atoms with Gasteiger partial charge in [0.15, 0.2) is 6.61 Å². The Kier molecular flexibility index (Phi) is 6.49. The van der Waals surface area contributed by atoms with Gasteiger partial charge in [0.25, 0.3) is 11.8 Å². The maximum absolute atomic E-state index is 12.3. The molecule has 2 aromatic rings. The first-order chi connectivity index (χ1) is 13.7. The van der Waals surface area contributed by atoms with Gasteiger partial charge in [-0.15, -0.1) is 34.9 Å².